The smallest absolute Gasteiger partial charge is 0.180 e. The fourth-order valence-electron chi connectivity index (χ4n) is 2.64. The monoisotopic (exact) mass is 493 g/mol. The van der Waals surface area contributed by atoms with Gasteiger partial charge in [0, 0.05) is 15.6 Å². The van der Waals surface area contributed by atoms with E-state index in [1.165, 1.54) is 5.56 Å². The fourth-order valence-corrected chi connectivity index (χ4v) is 4.17. The summed E-state index contributed by atoms with van der Waals surface area (Å²) in [5.74, 6) is 0.364. The van der Waals surface area contributed by atoms with E-state index in [1.54, 1.807) is 44.3 Å². The van der Waals surface area contributed by atoms with Gasteiger partial charge in [0.05, 0.1) is 22.0 Å². The molecule has 0 amide bonds. The first kappa shape index (κ1) is 19.8. The Bertz CT molecular complexity index is 1060. The van der Waals surface area contributed by atoms with Crippen LogP contribution in [0.5, 0.6) is 0 Å². The Morgan fingerprint density at radius 3 is 2.41 bits per heavy atom. The highest BCUT2D eigenvalue weighted by Crippen LogP contribution is 2.28. The van der Waals surface area contributed by atoms with Crippen LogP contribution in [-0.4, -0.2) is 23.6 Å². The number of hydrogen-bond acceptors (Lipinski definition) is 5. The van der Waals surface area contributed by atoms with Crippen LogP contribution in [-0.2, 0) is 14.3 Å². The van der Waals surface area contributed by atoms with E-state index in [4.69, 9.17) is 5.73 Å². The van der Waals surface area contributed by atoms with Gasteiger partial charge in [0.1, 0.15) is 11.5 Å². The van der Waals surface area contributed by atoms with Crippen LogP contribution in [0.25, 0.3) is 22.5 Å². The molecule has 2 aromatic carbocycles. The number of halogens is 1. The van der Waals surface area contributed by atoms with Crippen LogP contribution in [0, 0.1) is 0 Å². The van der Waals surface area contributed by atoms with Crippen LogP contribution in [0.2, 0.25) is 0 Å². The Labute approximate surface area is 173 Å². The molecular weight excluding hydrogens is 473 g/mol. The minimum absolute atomic E-state index is 0.305. The maximum Gasteiger partial charge on any atom is 0.180 e. The number of anilines is 1. The van der Waals surface area contributed by atoms with Gasteiger partial charge in [-0.25, -0.2) is 18.4 Å². The van der Waals surface area contributed by atoms with Crippen LogP contribution >= 0.6 is 22.6 Å². The molecule has 0 radical (unpaired) electrons. The van der Waals surface area contributed by atoms with Gasteiger partial charge in [-0.3, -0.25) is 0 Å². The number of sulfone groups is 1. The largest absolute Gasteiger partial charge is 0.382 e. The van der Waals surface area contributed by atoms with Crippen molar-refractivity contribution >= 4 is 38.2 Å². The van der Waals surface area contributed by atoms with E-state index in [1.807, 2.05) is 12.1 Å². The quantitative estimate of drug-likeness (QED) is 0.418. The highest BCUT2D eigenvalue weighted by Gasteiger charge is 2.19. The number of nitrogens with zero attached hydrogens (tertiary/aromatic N) is 2. The van der Waals surface area contributed by atoms with E-state index in [9.17, 15) is 8.42 Å². The second kappa shape index (κ2) is 7.93. The van der Waals surface area contributed by atoms with Crippen LogP contribution in [0.15, 0.2) is 59.6 Å². The molecule has 1 aromatic heterocycles. The lowest BCUT2D eigenvalue weighted by Gasteiger charge is -2.10. The number of nitrogen functional groups attached to an aromatic ring is 1. The molecule has 0 saturated heterocycles. The fraction of sp³-hybridized carbons (Fsp3) is 0.200. The van der Waals surface area contributed by atoms with Crippen molar-refractivity contribution in [1.82, 2.24) is 9.97 Å². The Balaban J connectivity index is 2.01. The molecule has 0 saturated carbocycles. The summed E-state index contributed by atoms with van der Waals surface area (Å²) in [5.41, 5.74) is 10.2. The van der Waals surface area contributed by atoms with Crippen molar-refractivity contribution in [2.24, 2.45) is 0 Å². The molecule has 27 heavy (non-hydrogen) atoms. The van der Waals surface area contributed by atoms with Gasteiger partial charge in [-0.15, -0.1) is 0 Å². The van der Waals surface area contributed by atoms with Gasteiger partial charge in [-0.2, -0.15) is 0 Å². The van der Waals surface area contributed by atoms with Crippen molar-refractivity contribution < 1.29 is 8.42 Å². The van der Waals surface area contributed by atoms with Gasteiger partial charge >= 0.3 is 0 Å². The first-order chi connectivity index (χ1) is 12.8. The average molecular weight is 493 g/mol. The highest BCUT2D eigenvalue weighted by molar-refractivity contribution is 14.1. The lowest BCUT2D eigenvalue weighted by molar-refractivity contribution is 0.587. The molecule has 0 atom stereocenters. The lowest BCUT2D eigenvalue weighted by atomic mass is 10.1. The SMILES string of the molecule is CC(C)S(=O)(=O)c1ccc(-c2cnc(N)c(-c3cccc(CI)c3)n2)cc1. The van der Waals surface area contributed by atoms with Gasteiger partial charge in [-0.05, 0) is 37.6 Å². The lowest BCUT2D eigenvalue weighted by Crippen LogP contribution is -2.13. The zero-order valence-corrected chi connectivity index (χ0v) is 18.0. The molecule has 0 bridgehead atoms. The summed E-state index contributed by atoms with van der Waals surface area (Å²) >= 11 is 2.31. The number of benzene rings is 2. The molecule has 1 heterocycles. The Morgan fingerprint density at radius 2 is 1.78 bits per heavy atom. The zero-order chi connectivity index (χ0) is 19.6. The minimum atomic E-state index is -3.30. The van der Waals surface area contributed by atoms with Crippen molar-refractivity contribution in [3.8, 4) is 22.5 Å². The first-order valence-corrected chi connectivity index (χ1v) is 11.5. The number of nitrogens with two attached hydrogens (primary N) is 1. The van der Waals surface area contributed by atoms with Crippen molar-refractivity contribution in [2.75, 3.05) is 5.73 Å². The van der Waals surface area contributed by atoms with E-state index in [0.717, 1.165) is 15.6 Å². The molecule has 0 spiro atoms. The number of hydrogen-bond donors (Lipinski definition) is 1. The van der Waals surface area contributed by atoms with Gasteiger partial charge in [0.2, 0.25) is 0 Å². The van der Waals surface area contributed by atoms with Gasteiger partial charge in [0.25, 0.3) is 0 Å². The molecular formula is C20H20IN3O2S. The summed E-state index contributed by atoms with van der Waals surface area (Å²) in [7, 11) is -3.30. The normalized spacial score (nSPS) is 11.7. The van der Waals surface area contributed by atoms with Crippen molar-refractivity contribution in [1.29, 1.82) is 0 Å². The second-order valence-corrected chi connectivity index (χ2v) is 9.71. The molecule has 3 rings (SSSR count). The summed E-state index contributed by atoms with van der Waals surface area (Å²) in [5, 5.41) is -0.462. The Morgan fingerprint density at radius 1 is 1.07 bits per heavy atom. The minimum Gasteiger partial charge on any atom is -0.382 e. The van der Waals surface area contributed by atoms with Gasteiger partial charge in [0.15, 0.2) is 9.84 Å². The first-order valence-electron chi connectivity index (χ1n) is 8.45. The van der Waals surface area contributed by atoms with E-state index in [2.05, 4.69) is 44.7 Å². The van der Waals surface area contributed by atoms with Crippen LogP contribution in [0.3, 0.4) is 0 Å². The van der Waals surface area contributed by atoms with Crippen LogP contribution in [0.1, 0.15) is 19.4 Å². The molecule has 2 N–H and O–H groups in total. The number of rotatable bonds is 5. The third-order valence-corrected chi connectivity index (χ3v) is 7.31. The molecule has 0 aliphatic carbocycles. The average Bonchev–Trinajstić information content (AvgIpc) is 2.68. The van der Waals surface area contributed by atoms with Crippen molar-refractivity contribution in [3.63, 3.8) is 0 Å². The van der Waals surface area contributed by atoms with Gasteiger partial charge in [-0.1, -0.05) is 52.9 Å². The molecule has 0 aliphatic heterocycles. The van der Waals surface area contributed by atoms with Crippen molar-refractivity contribution in [2.45, 2.75) is 28.4 Å². The predicted octanol–water partition coefficient (Wildman–Crippen LogP) is 4.51. The third-order valence-electron chi connectivity index (χ3n) is 4.25. The van der Waals surface area contributed by atoms with Crippen LogP contribution < -0.4 is 5.73 Å². The third kappa shape index (κ3) is 4.14. The standard InChI is InChI=1S/C20H20IN3O2S/c1-13(2)27(25,26)17-8-6-15(7-9-17)18-12-23-20(22)19(24-18)16-5-3-4-14(10-16)11-21/h3-10,12-13H,11H2,1-2H3,(H2,22,23). The summed E-state index contributed by atoms with van der Waals surface area (Å²) in [4.78, 5) is 9.26. The second-order valence-electron chi connectivity index (χ2n) is 6.44. The molecule has 3 aromatic rings. The predicted molar refractivity (Wildman–Crippen MR) is 117 cm³/mol. The van der Waals surface area contributed by atoms with Crippen molar-refractivity contribution in [3.05, 3.63) is 60.3 Å². The van der Waals surface area contributed by atoms with Crippen LogP contribution in [0.4, 0.5) is 5.82 Å². The Kier molecular flexibility index (Phi) is 5.81. The highest BCUT2D eigenvalue weighted by atomic mass is 127. The van der Waals surface area contributed by atoms with E-state index in [0.29, 0.717) is 22.1 Å². The molecule has 140 valence electrons. The number of alkyl halides is 1. The number of aromatic nitrogens is 2. The van der Waals surface area contributed by atoms with Gasteiger partial charge < -0.3 is 5.73 Å². The summed E-state index contributed by atoms with van der Waals surface area (Å²) in [6.45, 7) is 3.34. The summed E-state index contributed by atoms with van der Waals surface area (Å²) < 4.78 is 25.5. The summed E-state index contributed by atoms with van der Waals surface area (Å²) in [6.07, 6.45) is 1.60. The molecule has 0 aliphatic rings. The maximum absolute atomic E-state index is 12.3. The topological polar surface area (TPSA) is 85.9 Å². The summed E-state index contributed by atoms with van der Waals surface area (Å²) in [6, 6.07) is 14.8. The molecule has 0 fully saturated rings. The maximum atomic E-state index is 12.3. The molecule has 0 unspecified atom stereocenters. The van der Waals surface area contributed by atoms with E-state index in [-0.39, 0.29) is 0 Å². The van der Waals surface area contributed by atoms with E-state index >= 15 is 0 Å². The molecule has 5 nitrogen and oxygen atoms in total. The van der Waals surface area contributed by atoms with E-state index < -0.39 is 15.1 Å². The zero-order valence-electron chi connectivity index (χ0n) is 15.1. The molecule has 7 heteroatoms. The Hall–Kier alpha value is -2.00.